The Labute approximate surface area is 105 Å². The summed E-state index contributed by atoms with van der Waals surface area (Å²) in [5.41, 5.74) is 1.35. The van der Waals surface area contributed by atoms with E-state index in [0.29, 0.717) is 18.6 Å². The monoisotopic (exact) mass is 248 g/mol. The van der Waals surface area contributed by atoms with Crippen molar-refractivity contribution in [3.8, 4) is 5.75 Å². The zero-order chi connectivity index (χ0) is 13.1. The van der Waals surface area contributed by atoms with Gasteiger partial charge in [-0.15, -0.1) is 0 Å². The van der Waals surface area contributed by atoms with Gasteiger partial charge in [-0.25, -0.2) is 4.79 Å². The molecule has 0 bridgehead atoms. The van der Waals surface area contributed by atoms with E-state index in [0.717, 1.165) is 23.1 Å². The minimum absolute atomic E-state index is 0.0421. The average molecular weight is 248 g/mol. The topological polar surface area (TPSA) is 59.7 Å². The zero-order valence-electron chi connectivity index (χ0n) is 10.5. The van der Waals surface area contributed by atoms with Crippen molar-refractivity contribution in [2.75, 3.05) is 6.61 Å². The van der Waals surface area contributed by atoms with Gasteiger partial charge in [0, 0.05) is 10.9 Å². The highest BCUT2D eigenvalue weighted by Crippen LogP contribution is 2.30. The third-order valence-electron chi connectivity index (χ3n) is 2.77. The van der Waals surface area contributed by atoms with Crippen molar-refractivity contribution >= 4 is 16.9 Å². The van der Waals surface area contributed by atoms with Crippen molar-refractivity contribution in [3.63, 3.8) is 0 Å². The fraction of sp³-hybridized carbons (Fsp3) is 0.357. The molecular formula is C14H16O4. The zero-order valence-corrected chi connectivity index (χ0v) is 10.5. The lowest BCUT2D eigenvalue weighted by Gasteiger charge is -2.02. The number of benzene rings is 1. The molecule has 0 radical (unpaired) electrons. The Hall–Kier alpha value is -1.97. The van der Waals surface area contributed by atoms with Crippen molar-refractivity contribution in [3.05, 3.63) is 29.5 Å². The second-order valence-corrected chi connectivity index (χ2v) is 4.06. The Kier molecular flexibility index (Phi) is 3.55. The van der Waals surface area contributed by atoms with Crippen molar-refractivity contribution in [1.82, 2.24) is 0 Å². The number of fused-ring (bicyclic) bond motifs is 1. The van der Waals surface area contributed by atoms with E-state index >= 15 is 0 Å². The van der Waals surface area contributed by atoms with E-state index in [2.05, 4.69) is 0 Å². The van der Waals surface area contributed by atoms with Crippen molar-refractivity contribution < 1.29 is 19.1 Å². The second kappa shape index (κ2) is 5.12. The first-order chi connectivity index (χ1) is 8.67. The number of furan rings is 1. The van der Waals surface area contributed by atoms with E-state index in [1.54, 1.807) is 12.1 Å². The number of hydrogen-bond donors (Lipinski definition) is 1. The maximum Gasteiger partial charge on any atom is 0.372 e. The molecule has 0 aliphatic carbocycles. The van der Waals surface area contributed by atoms with Crippen LogP contribution in [0, 0.1) is 0 Å². The SMILES string of the molecule is CCCc1c(C(=O)O)oc2ccc(OCC)cc12. The molecule has 18 heavy (non-hydrogen) atoms. The molecular weight excluding hydrogens is 232 g/mol. The van der Waals surface area contributed by atoms with Gasteiger partial charge in [0.25, 0.3) is 0 Å². The number of carboxylic acid groups (broad SMARTS) is 1. The van der Waals surface area contributed by atoms with Gasteiger partial charge in [0.15, 0.2) is 0 Å². The summed E-state index contributed by atoms with van der Waals surface area (Å²) in [6.07, 6.45) is 1.55. The molecule has 0 aliphatic heterocycles. The van der Waals surface area contributed by atoms with Gasteiger partial charge in [0.05, 0.1) is 6.61 Å². The van der Waals surface area contributed by atoms with Gasteiger partial charge < -0.3 is 14.3 Å². The van der Waals surface area contributed by atoms with Gasteiger partial charge in [-0.1, -0.05) is 13.3 Å². The lowest BCUT2D eigenvalue weighted by atomic mass is 10.1. The summed E-state index contributed by atoms with van der Waals surface area (Å²) in [6, 6.07) is 5.39. The number of hydrogen-bond acceptors (Lipinski definition) is 3. The largest absolute Gasteiger partial charge is 0.494 e. The summed E-state index contributed by atoms with van der Waals surface area (Å²) in [5, 5.41) is 9.97. The van der Waals surface area contributed by atoms with Gasteiger partial charge >= 0.3 is 5.97 Å². The van der Waals surface area contributed by atoms with Crippen LogP contribution in [0.15, 0.2) is 22.6 Å². The Balaban J connectivity index is 2.59. The molecule has 0 unspecified atom stereocenters. The predicted octanol–water partition coefficient (Wildman–Crippen LogP) is 3.48. The van der Waals surface area contributed by atoms with Crippen LogP contribution < -0.4 is 4.74 Å². The predicted molar refractivity (Wildman–Crippen MR) is 68.3 cm³/mol. The summed E-state index contributed by atoms with van der Waals surface area (Å²) in [6.45, 7) is 4.50. The molecule has 0 atom stereocenters. The molecule has 2 aromatic rings. The molecule has 1 aromatic carbocycles. The average Bonchev–Trinajstić information content (AvgIpc) is 2.69. The van der Waals surface area contributed by atoms with Crippen LogP contribution in [0.3, 0.4) is 0 Å². The van der Waals surface area contributed by atoms with E-state index in [9.17, 15) is 4.79 Å². The molecule has 0 saturated heterocycles. The molecule has 2 rings (SSSR count). The van der Waals surface area contributed by atoms with Crippen LogP contribution in [0.1, 0.15) is 36.4 Å². The molecule has 0 aliphatic rings. The van der Waals surface area contributed by atoms with Crippen LogP contribution in [0.25, 0.3) is 11.0 Å². The molecule has 4 heteroatoms. The molecule has 1 heterocycles. The Morgan fingerprint density at radius 1 is 1.39 bits per heavy atom. The Morgan fingerprint density at radius 2 is 2.17 bits per heavy atom. The van der Waals surface area contributed by atoms with E-state index < -0.39 is 5.97 Å². The van der Waals surface area contributed by atoms with Gasteiger partial charge in [-0.3, -0.25) is 0 Å². The van der Waals surface area contributed by atoms with Crippen LogP contribution in [0.4, 0.5) is 0 Å². The fourth-order valence-corrected chi connectivity index (χ4v) is 2.06. The van der Waals surface area contributed by atoms with E-state index in [1.165, 1.54) is 0 Å². The lowest BCUT2D eigenvalue weighted by Crippen LogP contribution is -1.98. The maximum atomic E-state index is 11.2. The summed E-state index contributed by atoms with van der Waals surface area (Å²) in [5.74, 6) is -0.242. The Bertz CT molecular complexity index is 568. The first kappa shape index (κ1) is 12.5. The highest BCUT2D eigenvalue weighted by molar-refractivity contribution is 5.95. The summed E-state index contributed by atoms with van der Waals surface area (Å²) in [4.78, 5) is 11.2. The van der Waals surface area contributed by atoms with E-state index in [4.69, 9.17) is 14.3 Å². The van der Waals surface area contributed by atoms with Crippen molar-refractivity contribution in [2.24, 2.45) is 0 Å². The van der Waals surface area contributed by atoms with Crippen LogP contribution >= 0.6 is 0 Å². The molecule has 96 valence electrons. The van der Waals surface area contributed by atoms with Crippen LogP contribution in [0.2, 0.25) is 0 Å². The fourth-order valence-electron chi connectivity index (χ4n) is 2.06. The maximum absolute atomic E-state index is 11.2. The van der Waals surface area contributed by atoms with Crippen molar-refractivity contribution in [2.45, 2.75) is 26.7 Å². The number of ether oxygens (including phenoxy) is 1. The van der Waals surface area contributed by atoms with Crippen molar-refractivity contribution in [1.29, 1.82) is 0 Å². The minimum atomic E-state index is -1.02. The number of carboxylic acids is 1. The van der Waals surface area contributed by atoms with Gasteiger partial charge in [-0.05, 0) is 31.5 Å². The van der Waals surface area contributed by atoms with Crippen LogP contribution in [-0.4, -0.2) is 17.7 Å². The lowest BCUT2D eigenvalue weighted by molar-refractivity contribution is 0.0663. The number of aryl methyl sites for hydroxylation is 1. The smallest absolute Gasteiger partial charge is 0.372 e. The number of aromatic carboxylic acids is 1. The third-order valence-corrected chi connectivity index (χ3v) is 2.77. The standard InChI is InChI=1S/C14H16O4/c1-3-5-10-11-8-9(17-4-2)6-7-12(11)18-13(10)14(15)16/h6-8H,3-5H2,1-2H3,(H,15,16). The van der Waals surface area contributed by atoms with Gasteiger partial charge in [0.1, 0.15) is 11.3 Å². The molecule has 1 aromatic heterocycles. The van der Waals surface area contributed by atoms with Gasteiger partial charge in [-0.2, -0.15) is 0 Å². The molecule has 0 amide bonds. The summed E-state index contributed by atoms with van der Waals surface area (Å²) in [7, 11) is 0. The highest BCUT2D eigenvalue weighted by atomic mass is 16.5. The molecule has 4 nitrogen and oxygen atoms in total. The molecule has 0 saturated carbocycles. The first-order valence-electron chi connectivity index (χ1n) is 6.08. The summed E-state index contributed by atoms with van der Waals surface area (Å²) < 4.78 is 10.8. The first-order valence-corrected chi connectivity index (χ1v) is 6.08. The quantitative estimate of drug-likeness (QED) is 0.880. The Morgan fingerprint density at radius 3 is 2.78 bits per heavy atom. The van der Waals surface area contributed by atoms with Gasteiger partial charge in [0.2, 0.25) is 5.76 Å². The van der Waals surface area contributed by atoms with Crippen LogP contribution in [-0.2, 0) is 6.42 Å². The number of rotatable bonds is 5. The van der Waals surface area contributed by atoms with E-state index in [-0.39, 0.29) is 5.76 Å². The molecule has 0 spiro atoms. The normalized spacial score (nSPS) is 10.8. The summed E-state index contributed by atoms with van der Waals surface area (Å²) >= 11 is 0. The second-order valence-electron chi connectivity index (χ2n) is 4.06. The van der Waals surface area contributed by atoms with E-state index in [1.807, 2.05) is 19.9 Å². The third kappa shape index (κ3) is 2.18. The molecule has 0 fully saturated rings. The highest BCUT2D eigenvalue weighted by Gasteiger charge is 2.19. The van der Waals surface area contributed by atoms with Crippen LogP contribution in [0.5, 0.6) is 5.75 Å². The minimum Gasteiger partial charge on any atom is -0.494 e. The molecule has 1 N–H and O–H groups in total. The number of carbonyl (C=O) groups is 1.